The lowest BCUT2D eigenvalue weighted by molar-refractivity contribution is -0.156. The van der Waals surface area contributed by atoms with Crippen LogP contribution in [0.4, 0.5) is 5.69 Å². The van der Waals surface area contributed by atoms with Crippen LogP contribution < -0.4 is 10.6 Å². The normalized spacial score (nSPS) is 26.8. The summed E-state index contributed by atoms with van der Waals surface area (Å²) >= 11 is 0. The summed E-state index contributed by atoms with van der Waals surface area (Å²) in [6, 6.07) is 4.07. The number of phenolic OH excluding ortho intramolecular Hbond substituents is 1. The van der Waals surface area contributed by atoms with Crippen molar-refractivity contribution in [3.63, 3.8) is 0 Å². The molecule has 5 atom stereocenters. The number of methoxy groups -OCH3 is 1. The third kappa shape index (κ3) is 12.1. The number of aliphatic hydroxyl groups is 1. The number of anilines is 1. The predicted molar refractivity (Wildman–Crippen MR) is 168 cm³/mol. The summed E-state index contributed by atoms with van der Waals surface area (Å²) in [5.74, 6) is -1.60. The summed E-state index contributed by atoms with van der Waals surface area (Å²) in [6.45, 7) is 8.62. The van der Waals surface area contributed by atoms with Gasteiger partial charge in [-0.15, -0.1) is 0 Å². The first-order chi connectivity index (χ1) is 20.4. The predicted octanol–water partition coefficient (Wildman–Crippen LogP) is 5.07. The van der Waals surface area contributed by atoms with Gasteiger partial charge in [0.1, 0.15) is 17.9 Å². The molecule has 0 saturated heterocycles. The van der Waals surface area contributed by atoms with Gasteiger partial charge < -0.3 is 30.3 Å². The molecule has 1 aromatic carbocycles. The van der Waals surface area contributed by atoms with Gasteiger partial charge in [-0.05, 0) is 63.8 Å². The first-order valence-electron chi connectivity index (χ1n) is 14.6. The van der Waals surface area contributed by atoms with Crippen molar-refractivity contribution in [1.82, 2.24) is 5.32 Å². The number of rotatable bonds is 5. The van der Waals surface area contributed by atoms with Crippen molar-refractivity contribution in [2.24, 2.45) is 5.92 Å². The molecule has 0 spiro atoms. The summed E-state index contributed by atoms with van der Waals surface area (Å²) in [5.41, 5.74) is 2.52. The molecule has 2 amide bonds. The van der Waals surface area contributed by atoms with Crippen molar-refractivity contribution in [1.29, 1.82) is 0 Å². The Morgan fingerprint density at radius 3 is 2.58 bits per heavy atom. The zero-order chi connectivity index (χ0) is 31.9. The molecule has 1 aliphatic heterocycles. The Balaban J connectivity index is 2.32. The van der Waals surface area contributed by atoms with Crippen LogP contribution in [0, 0.1) is 5.92 Å². The highest BCUT2D eigenvalue weighted by Gasteiger charge is 2.30. The molecular formula is C34H46N2O7. The van der Waals surface area contributed by atoms with E-state index < -0.39 is 36.2 Å². The Labute approximate surface area is 255 Å². The van der Waals surface area contributed by atoms with E-state index in [1.165, 1.54) is 13.2 Å². The second-order valence-electron chi connectivity index (χ2n) is 10.8. The van der Waals surface area contributed by atoms with Crippen LogP contribution in [-0.4, -0.2) is 59.5 Å². The maximum atomic E-state index is 12.9. The number of hydrogen-bond acceptors (Lipinski definition) is 7. The highest BCUT2D eigenvalue weighted by molar-refractivity contribution is 5.95. The number of hydrogen-bond donors (Lipinski definition) is 4. The van der Waals surface area contributed by atoms with E-state index in [2.05, 4.69) is 10.6 Å². The molecule has 2 bridgehead atoms. The third-order valence-electron chi connectivity index (χ3n) is 7.32. The monoisotopic (exact) mass is 594 g/mol. The fourth-order valence-corrected chi connectivity index (χ4v) is 4.45. The number of allylic oxidation sites excluding steroid dienone is 6. The van der Waals surface area contributed by atoms with Crippen LogP contribution in [0.5, 0.6) is 5.75 Å². The fraction of sp³-hybridized carbons (Fsp3) is 0.441. The number of nitrogens with one attached hydrogen (secondary N) is 2. The quantitative estimate of drug-likeness (QED) is 0.213. The van der Waals surface area contributed by atoms with Crippen LogP contribution in [0.2, 0.25) is 0 Å². The van der Waals surface area contributed by atoms with E-state index in [0.29, 0.717) is 30.5 Å². The molecule has 0 aliphatic carbocycles. The number of aliphatic hydroxyl groups excluding tert-OH is 1. The van der Waals surface area contributed by atoms with Gasteiger partial charge in [0.05, 0.1) is 18.6 Å². The molecule has 0 aromatic heterocycles. The number of benzene rings is 1. The van der Waals surface area contributed by atoms with Gasteiger partial charge in [0.25, 0.3) is 0 Å². The summed E-state index contributed by atoms with van der Waals surface area (Å²) < 4.78 is 11.2. The van der Waals surface area contributed by atoms with Crippen LogP contribution in [-0.2, 0) is 30.3 Å². The minimum Gasteiger partial charge on any atom is -0.508 e. The first-order valence-corrected chi connectivity index (χ1v) is 14.6. The van der Waals surface area contributed by atoms with Crippen molar-refractivity contribution in [3.05, 3.63) is 83.5 Å². The van der Waals surface area contributed by atoms with Crippen molar-refractivity contribution in [3.8, 4) is 5.75 Å². The molecule has 0 radical (unpaired) electrons. The largest absolute Gasteiger partial charge is 0.508 e. The second kappa shape index (κ2) is 17.9. The van der Waals surface area contributed by atoms with Gasteiger partial charge in [0, 0.05) is 36.8 Å². The topological polar surface area (TPSA) is 134 Å². The summed E-state index contributed by atoms with van der Waals surface area (Å²) in [6.07, 6.45) is 13.9. The standard InChI is InChI=1S/C34H46N2O7/c1-7-22(2)33(40)35-25(5)34(41)43-30-17-12-10-8-9-11-16-29(42-6)21-31(38)36-27-18-26(19-28(37)20-27)15-13-14-23(3)32(39)24(30)4/h7-12,14,16,18-20,24-25,29-30,32,37,39H,13,15,17,21H2,1-6H3,(H,35,40)(H,36,38)/b9-8+,12-10+,16-11+,22-7+,23-14-/t24-,25+,29-,30-,32-/m0/s1. The SMILES string of the molecule is C/C=C(\C)C(=O)N[C@H](C)C(=O)O[C@H]1C/C=C/C=C/C=C/[C@H](OC)CC(=O)Nc2cc(O)cc(c2)CC/C=C(/C)[C@H](O)[C@H]1C. The maximum Gasteiger partial charge on any atom is 0.328 e. The Hall–Kier alpha value is -3.95. The minimum absolute atomic E-state index is 0.0392. The van der Waals surface area contributed by atoms with E-state index in [-0.39, 0.29) is 24.0 Å². The molecule has 2 rings (SSSR count). The zero-order valence-corrected chi connectivity index (χ0v) is 26.0. The van der Waals surface area contributed by atoms with Crippen LogP contribution in [0.25, 0.3) is 0 Å². The van der Waals surface area contributed by atoms with E-state index in [4.69, 9.17) is 9.47 Å². The molecule has 4 N–H and O–H groups in total. The number of fused-ring (bicyclic) bond motifs is 2. The van der Waals surface area contributed by atoms with Gasteiger partial charge in [-0.25, -0.2) is 4.79 Å². The Morgan fingerprint density at radius 2 is 1.88 bits per heavy atom. The average Bonchev–Trinajstić information content (AvgIpc) is 2.96. The van der Waals surface area contributed by atoms with E-state index >= 15 is 0 Å². The van der Waals surface area contributed by atoms with Crippen molar-refractivity contribution in [2.45, 2.75) is 84.7 Å². The number of phenols is 1. The molecule has 1 heterocycles. The number of esters is 1. The average molecular weight is 595 g/mol. The fourth-order valence-electron chi connectivity index (χ4n) is 4.45. The smallest absolute Gasteiger partial charge is 0.328 e. The van der Waals surface area contributed by atoms with E-state index in [9.17, 15) is 24.6 Å². The van der Waals surface area contributed by atoms with Gasteiger partial charge in [0.2, 0.25) is 11.8 Å². The van der Waals surface area contributed by atoms with Gasteiger partial charge in [-0.3, -0.25) is 9.59 Å². The van der Waals surface area contributed by atoms with E-state index in [1.54, 1.807) is 57.2 Å². The molecule has 43 heavy (non-hydrogen) atoms. The molecule has 1 aromatic rings. The maximum absolute atomic E-state index is 12.9. The molecule has 0 unspecified atom stereocenters. The highest BCUT2D eigenvalue weighted by atomic mass is 16.5. The van der Waals surface area contributed by atoms with Crippen molar-refractivity contribution < 1.29 is 34.1 Å². The Kier molecular flexibility index (Phi) is 14.7. The zero-order valence-electron chi connectivity index (χ0n) is 26.0. The Morgan fingerprint density at radius 1 is 1.16 bits per heavy atom. The number of aromatic hydroxyl groups is 1. The van der Waals surface area contributed by atoms with E-state index in [0.717, 1.165) is 11.1 Å². The van der Waals surface area contributed by atoms with Crippen LogP contribution in [0.15, 0.2) is 78.0 Å². The number of carbonyl (C=O) groups is 3. The molecule has 1 aliphatic rings. The van der Waals surface area contributed by atoms with Gasteiger partial charge in [0.15, 0.2) is 0 Å². The molecular weight excluding hydrogens is 548 g/mol. The lowest BCUT2D eigenvalue weighted by Gasteiger charge is -2.29. The lowest BCUT2D eigenvalue weighted by atomic mass is 9.90. The molecule has 9 heteroatoms. The van der Waals surface area contributed by atoms with Gasteiger partial charge >= 0.3 is 5.97 Å². The molecule has 9 nitrogen and oxygen atoms in total. The van der Waals surface area contributed by atoms with Crippen molar-refractivity contribution >= 4 is 23.5 Å². The first kappa shape index (κ1) is 35.2. The van der Waals surface area contributed by atoms with E-state index in [1.807, 2.05) is 38.1 Å². The number of amides is 2. The van der Waals surface area contributed by atoms with Crippen LogP contribution in [0.1, 0.15) is 59.4 Å². The minimum atomic E-state index is -0.890. The molecule has 234 valence electrons. The van der Waals surface area contributed by atoms with Crippen LogP contribution >= 0.6 is 0 Å². The number of ether oxygens (including phenoxy) is 2. The summed E-state index contributed by atoms with van der Waals surface area (Å²) in [7, 11) is 1.53. The van der Waals surface area contributed by atoms with Gasteiger partial charge in [-0.2, -0.15) is 0 Å². The Bertz CT molecular complexity index is 1260. The summed E-state index contributed by atoms with van der Waals surface area (Å²) in [5, 5.41) is 26.9. The summed E-state index contributed by atoms with van der Waals surface area (Å²) in [4.78, 5) is 37.8. The number of aryl methyl sites for hydroxylation is 1. The lowest BCUT2D eigenvalue weighted by Crippen LogP contribution is -2.43. The third-order valence-corrected chi connectivity index (χ3v) is 7.32. The molecule has 0 fully saturated rings. The van der Waals surface area contributed by atoms with Gasteiger partial charge in [-0.1, -0.05) is 55.5 Å². The van der Waals surface area contributed by atoms with Crippen LogP contribution in [0.3, 0.4) is 0 Å². The highest BCUT2D eigenvalue weighted by Crippen LogP contribution is 2.24. The second-order valence-corrected chi connectivity index (χ2v) is 10.8. The molecule has 0 saturated carbocycles. The number of carbonyl (C=O) groups excluding carboxylic acids is 3. The van der Waals surface area contributed by atoms with Crippen molar-refractivity contribution in [2.75, 3.05) is 12.4 Å².